The Morgan fingerprint density at radius 3 is 1.53 bits per heavy atom. The number of carbonyl (C=O) groups is 8. The number of carbonyl (C=O) groups excluding carboxylic acids is 8. The third kappa shape index (κ3) is 11.0. The lowest BCUT2D eigenvalue weighted by Gasteiger charge is -2.47. The van der Waals surface area contributed by atoms with Gasteiger partial charge in [-0.15, -0.1) is 0 Å². The highest BCUT2D eigenvalue weighted by Gasteiger charge is 2.59. The number of nitrogens with zero attached hydrogens (tertiary/aromatic N) is 1. The van der Waals surface area contributed by atoms with E-state index in [0.29, 0.717) is 11.9 Å². The maximum atomic E-state index is 14.0. The van der Waals surface area contributed by atoms with Gasteiger partial charge in [0.2, 0.25) is 12.6 Å². The fourth-order valence-corrected chi connectivity index (χ4v) is 7.31. The van der Waals surface area contributed by atoms with Crippen molar-refractivity contribution in [2.45, 2.75) is 147 Å². The number of hydrogen-bond acceptors (Lipinski definition) is 16. The molecule has 17 nitrogen and oxygen atoms in total. The van der Waals surface area contributed by atoms with Crippen molar-refractivity contribution in [2.75, 3.05) is 13.2 Å². The van der Waals surface area contributed by atoms with Crippen LogP contribution in [-0.2, 0) is 66.7 Å². The van der Waals surface area contributed by atoms with E-state index in [0.717, 1.165) is 11.2 Å². The van der Waals surface area contributed by atoms with Crippen molar-refractivity contribution in [2.24, 2.45) is 38.9 Å². The number of benzene rings is 1. The number of fused-ring (bicyclic) bond motifs is 2. The van der Waals surface area contributed by atoms with Gasteiger partial charge in [0.1, 0.15) is 25.6 Å². The molecule has 1 aliphatic carbocycles. The zero-order chi connectivity index (χ0) is 49.6. The monoisotopic (exact) mass is 923 g/mol. The van der Waals surface area contributed by atoms with Crippen LogP contribution in [0.1, 0.15) is 125 Å². The highest BCUT2D eigenvalue weighted by molar-refractivity contribution is 6.21. The van der Waals surface area contributed by atoms with Crippen LogP contribution in [-0.4, -0.2) is 109 Å². The van der Waals surface area contributed by atoms with Gasteiger partial charge in [0.25, 0.3) is 11.8 Å². The molecule has 362 valence electrons. The molecule has 4 aliphatic rings. The molecule has 0 aromatic heterocycles. The van der Waals surface area contributed by atoms with Crippen LogP contribution in [0.4, 0.5) is 0 Å². The molecule has 0 spiro atoms. The normalized spacial score (nSPS) is 26.8. The summed E-state index contributed by atoms with van der Waals surface area (Å²) in [6.45, 7) is 23.3. The van der Waals surface area contributed by atoms with Gasteiger partial charge >= 0.3 is 29.8 Å². The summed E-state index contributed by atoms with van der Waals surface area (Å²) in [4.78, 5) is 110. The Hall–Kier alpha value is -5.42. The van der Waals surface area contributed by atoms with Gasteiger partial charge in [-0.05, 0) is 122 Å². The van der Waals surface area contributed by atoms with Gasteiger partial charge in [-0.25, -0.2) is 0 Å². The Bertz CT molecular complexity index is 2140. The molecule has 5 rings (SSSR count). The van der Waals surface area contributed by atoms with Gasteiger partial charge in [-0.3, -0.25) is 43.3 Å². The SMILES string of the molecule is CC(C)(C)C(=O)OCC1=C[C@H](N2C(=O)c3ccccc3C2=O)[C@@H]2C(C=O)=CO[C@@H](O[C@@H]3O[C@H](COC(=O)C(C)(C)C)[C@@H](OC(=O)C(C)(C)C)[C@H](OC(=O)C(C)(C)C)[C@H]3OC(=O)C(C)(C)C)[C@H]12. The van der Waals surface area contributed by atoms with E-state index in [2.05, 4.69) is 0 Å². The number of rotatable bonds is 11. The molecule has 0 bridgehead atoms. The Kier molecular flexibility index (Phi) is 14.6. The van der Waals surface area contributed by atoms with Crippen molar-refractivity contribution in [1.29, 1.82) is 0 Å². The minimum atomic E-state index is -1.77. The van der Waals surface area contributed by atoms with Crippen molar-refractivity contribution in [3.63, 3.8) is 0 Å². The number of hydrogen-bond donors (Lipinski definition) is 0. The standard InChI is InChI=1S/C49H65NO16/c1-45(2,3)40(54)60-22-25-20-29(50-36(52)27-18-16-17-19-28(27)37(50)53)31-26(21-51)23-59-38(32(25)31)66-39-35(65-44(58)49(13,14)15)34(64-43(57)48(10,11)12)33(63-42(56)47(7,8)9)30(62-39)24-61-41(55)46(4,5)6/h16-21,23,29-35,38-39H,22,24H2,1-15H3/t29-,30+,31-,32+,33+,34-,35+,38-,39-/m0/s1. The first kappa shape index (κ1) is 51.6. The van der Waals surface area contributed by atoms with Crippen molar-refractivity contribution in [1.82, 2.24) is 4.90 Å². The minimum Gasteiger partial charge on any atom is -0.471 e. The Morgan fingerprint density at radius 2 is 1.06 bits per heavy atom. The third-order valence-electron chi connectivity index (χ3n) is 11.2. The zero-order valence-electron chi connectivity index (χ0n) is 40.6. The molecule has 9 atom stereocenters. The summed E-state index contributed by atoms with van der Waals surface area (Å²) in [5, 5.41) is 0. The van der Waals surface area contributed by atoms with Gasteiger partial charge in [0.15, 0.2) is 18.3 Å². The quantitative estimate of drug-likeness (QED) is 0.0811. The van der Waals surface area contributed by atoms with E-state index in [-0.39, 0.29) is 23.3 Å². The molecule has 1 aromatic rings. The highest BCUT2D eigenvalue weighted by atomic mass is 16.8. The van der Waals surface area contributed by atoms with Crippen LogP contribution in [0.25, 0.3) is 0 Å². The Morgan fingerprint density at radius 1 is 0.606 bits per heavy atom. The second-order valence-electron chi connectivity index (χ2n) is 22.3. The van der Waals surface area contributed by atoms with E-state index in [1.807, 2.05) is 0 Å². The molecule has 3 heterocycles. The first-order valence-electron chi connectivity index (χ1n) is 22.0. The lowest BCUT2D eigenvalue weighted by Crippen LogP contribution is -2.65. The summed E-state index contributed by atoms with van der Waals surface area (Å²) in [6.07, 6.45) is -6.46. The first-order valence-corrected chi connectivity index (χ1v) is 22.0. The molecule has 1 aromatic carbocycles. The fraction of sp³-hybridized carbons (Fsp3) is 0.633. The van der Waals surface area contributed by atoms with Crippen LogP contribution in [0.3, 0.4) is 0 Å². The first-order chi connectivity index (χ1) is 30.3. The summed E-state index contributed by atoms with van der Waals surface area (Å²) in [5.74, 6) is -6.94. The molecule has 0 N–H and O–H groups in total. The second-order valence-corrected chi connectivity index (χ2v) is 22.3. The number of aldehydes is 1. The molecule has 0 unspecified atom stereocenters. The summed E-state index contributed by atoms with van der Waals surface area (Å²) in [7, 11) is 0. The molecule has 1 saturated heterocycles. The molecule has 0 radical (unpaired) electrons. The van der Waals surface area contributed by atoms with E-state index >= 15 is 0 Å². The molecule has 17 heteroatoms. The fourth-order valence-electron chi connectivity index (χ4n) is 7.31. The topological polar surface area (TPSA) is 214 Å². The molecular formula is C49H65NO16. The van der Waals surface area contributed by atoms with Crippen molar-refractivity contribution in [3.8, 4) is 0 Å². The van der Waals surface area contributed by atoms with Crippen LogP contribution in [0.2, 0.25) is 0 Å². The summed E-state index contributed by atoms with van der Waals surface area (Å²) in [5.41, 5.74) is -4.69. The zero-order valence-corrected chi connectivity index (χ0v) is 40.6. The smallest absolute Gasteiger partial charge is 0.311 e. The van der Waals surface area contributed by atoms with Crippen molar-refractivity contribution >= 4 is 47.9 Å². The Labute approximate surface area is 386 Å². The third-order valence-corrected chi connectivity index (χ3v) is 11.2. The highest BCUT2D eigenvalue weighted by Crippen LogP contribution is 2.48. The summed E-state index contributed by atoms with van der Waals surface area (Å²) < 4.78 is 49.3. The largest absolute Gasteiger partial charge is 0.471 e. The molecule has 1 fully saturated rings. The maximum absolute atomic E-state index is 14.0. The number of imide groups is 1. The van der Waals surface area contributed by atoms with E-state index in [1.165, 1.54) is 12.1 Å². The number of amides is 2. The number of ether oxygens (including phenoxy) is 8. The van der Waals surface area contributed by atoms with Gasteiger partial charge in [0.05, 0.1) is 56.4 Å². The lowest BCUT2D eigenvalue weighted by atomic mass is 9.81. The molecule has 0 saturated carbocycles. The van der Waals surface area contributed by atoms with E-state index < -0.39 is 130 Å². The van der Waals surface area contributed by atoms with E-state index in [1.54, 1.807) is 122 Å². The predicted octanol–water partition coefficient (Wildman–Crippen LogP) is 6.06. The number of esters is 5. The van der Waals surface area contributed by atoms with E-state index in [9.17, 15) is 38.4 Å². The van der Waals surface area contributed by atoms with Crippen LogP contribution >= 0.6 is 0 Å². The van der Waals surface area contributed by atoms with E-state index in [4.69, 9.17) is 37.9 Å². The van der Waals surface area contributed by atoms with Gasteiger partial charge < -0.3 is 37.9 Å². The summed E-state index contributed by atoms with van der Waals surface area (Å²) >= 11 is 0. The van der Waals surface area contributed by atoms with Crippen LogP contribution < -0.4 is 0 Å². The summed E-state index contributed by atoms with van der Waals surface area (Å²) in [6, 6.07) is 5.17. The Balaban J connectivity index is 1.67. The van der Waals surface area contributed by atoms with Gasteiger partial charge in [0, 0.05) is 11.5 Å². The average molecular weight is 924 g/mol. The maximum Gasteiger partial charge on any atom is 0.311 e. The van der Waals surface area contributed by atoms with Crippen molar-refractivity contribution in [3.05, 3.63) is 58.9 Å². The minimum absolute atomic E-state index is 0.0354. The average Bonchev–Trinajstić information content (AvgIpc) is 3.69. The molecule has 3 aliphatic heterocycles. The van der Waals surface area contributed by atoms with Crippen LogP contribution in [0, 0.1) is 38.9 Å². The predicted molar refractivity (Wildman–Crippen MR) is 233 cm³/mol. The second kappa shape index (κ2) is 18.7. The van der Waals surface area contributed by atoms with Gasteiger partial charge in [-0.1, -0.05) is 18.2 Å². The molecular weight excluding hydrogens is 859 g/mol. The lowest BCUT2D eigenvalue weighted by molar-refractivity contribution is -0.344. The van der Waals surface area contributed by atoms with Crippen LogP contribution in [0.5, 0.6) is 0 Å². The van der Waals surface area contributed by atoms with Crippen molar-refractivity contribution < 1.29 is 76.3 Å². The molecule has 2 amide bonds. The molecule has 66 heavy (non-hydrogen) atoms. The van der Waals surface area contributed by atoms with Gasteiger partial charge in [-0.2, -0.15) is 0 Å². The van der Waals surface area contributed by atoms with Crippen LogP contribution in [0.15, 0.2) is 47.7 Å².